The van der Waals surface area contributed by atoms with Gasteiger partial charge in [0.05, 0.1) is 23.7 Å². The fraction of sp³-hybridized carbons (Fsp3) is 0.450. The second-order valence-corrected chi connectivity index (χ2v) is 7.94. The van der Waals surface area contributed by atoms with Gasteiger partial charge in [-0.15, -0.1) is 11.3 Å². The molecule has 0 fully saturated rings. The predicted molar refractivity (Wildman–Crippen MR) is 106 cm³/mol. The summed E-state index contributed by atoms with van der Waals surface area (Å²) in [5.74, 6) is -0.0925. The maximum atomic E-state index is 12.8. The highest BCUT2D eigenvalue weighted by molar-refractivity contribution is 7.12. The van der Waals surface area contributed by atoms with Crippen molar-refractivity contribution in [2.45, 2.75) is 33.6 Å². The number of hydrogen-bond acceptors (Lipinski definition) is 4. The van der Waals surface area contributed by atoms with E-state index < -0.39 is 0 Å². The minimum Gasteiger partial charge on any atom is -0.347 e. The van der Waals surface area contributed by atoms with Crippen molar-refractivity contribution in [3.63, 3.8) is 0 Å². The average Bonchev–Trinajstić information content (AvgIpc) is 2.95. The number of likely N-dealkylation sites (N-methyl/N-ethyl adjacent to an activating group) is 1. The molecule has 0 unspecified atom stereocenters. The van der Waals surface area contributed by atoms with Crippen molar-refractivity contribution in [2.75, 3.05) is 27.2 Å². The van der Waals surface area contributed by atoms with Crippen LogP contribution in [0.1, 0.15) is 28.8 Å². The number of carbonyl (C=O) groups excluding carboxylic acids is 2. The van der Waals surface area contributed by atoms with Crippen molar-refractivity contribution in [1.29, 1.82) is 0 Å². The van der Waals surface area contributed by atoms with Gasteiger partial charge in [-0.05, 0) is 20.3 Å². The van der Waals surface area contributed by atoms with E-state index in [0.29, 0.717) is 6.54 Å². The fourth-order valence-electron chi connectivity index (χ4n) is 2.64. The minimum absolute atomic E-state index is 0.0286. The van der Waals surface area contributed by atoms with E-state index in [-0.39, 0.29) is 24.8 Å². The zero-order valence-corrected chi connectivity index (χ0v) is 17.0. The van der Waals surface area contributed by atoms with Gasteiger partial charge in [0, 0.05) is 31.1 Å². The molecule has 0 aliphatic rings. The first-order chi connectivity index (χ1) is 12.3. The normalized spacial score (nSPS) is 10.7. The van der Waals surface area contributed by atoms with Gasteiger partial charge in [-0.3, -0.25) is 9.59 Å². The molecule has 140 valence electrons. The summed E-state index contributed by atoms with van der Waals surface area (Å²) in [5.41, 5.74) is 3.08. The lowest BCUT2D eigenvalue weighted by Crippen LogP contribution is -2.41. The molecule has 0 N–H and O–H groups in total. The number of aromatic nitrogens is 1. The van der Waals surface area contributed by atoms with Crippen LogP contribution in [0.25, 0.3) is 11.3 Å². The summed E-state index contributed by atoms with van der Waals surface area (Å²) in [7, 11) is 3.41. The van der Waals surface area contributed by atoms with Crippen molar-refractivity contribution in [1.82, 2.24) is 14.8 Å². The van der Waals surface area contributed by atoms with E-state index in [9.17, 15) is 9.59 Å². The van der Waals surface area contributed by atoms with Crippen molar-refractivity contribution < 1.29 is 9.59 Å². The molecule has 1 aromatic heterocycles. The zero-order chi connectivity index (χ0) is 19.3. The topological polar surface area (TPSA) is 53.5 Å². The van der Waals surface area contributed by atoms with Crippen molar-refractivity contribution >= 4 is 23.2 Å². The second-order valence-electron chi connectivity index (χ2n) is 6.65. The van der Waals surface area contributed by atoms with Crippen LogP contribution >= 0.6 is 11.3 Å². The van der Waals surface area contributed by atoms with Gasteiger partial charge >= 0.3 is 0 Å². The van der Waals surface area contributed by atoms with Crippen LogP contribution in [0.15, 0.2) is 24.3 Å². The lowest BCUT2D eigenvalue weighted by atomic mass is 10.1. The van der Waals surface area contributed by atoms with E-state index in [4.69, 9.17) is 0 Å². The molecule has 0 saturated carbocycles. The zero-order valence-electron chi connectivity index (χ0n) is 16.2. The second kappa shape index (κ2) is 8.94. The Balaban J connectivity index is 2.21. The molecular formula is C20H27N3O2S. The number of aryl methyl sites for hydroxylation is 2. The molecule has 0 radical (unpaired) electrons. The molecule has 0 spiro atoms. The number of amides is 2. The van der Waals surface area contributed by atoms with E-state index in [1.165, 1.54) is 10.5 Å². The third-order valence-electron chi connectivity index (χ3n) is 4.11. The minimum atomic E-state index is -0.0638. The van der Waals surface area contributed by atoms with Gasteiger partial charge in [0.25, 0.3) is 0 Å². The van der Waals surface area contributed by atoms with E-state index >= 15 is 0 Å². The molecular weight excluding hydrogens is 346 g/mol. The van der Waals surface area contributed by atoms with Crippen LogP contribution in [0, 0.1) is 13.8 Å². The number of benzene rings is 1. The van der Waals surface area contributed by atoms with Gasteiger partial charge in [0.1, 0.15) is 0 Å². The number of rotatable bonds is 7. The smallest absolute Gasteiger partial charge is 0.241 e. The van der Waals surface area contributed by atoms with Crippen molar-refractivity contribution in [2.24, 2.45) is 0 Å². The van der Waals surface area contributed by atoms with E-state index in [1.807, 2.05) is 32.9 Å². The molecule has 26 heavy (non-hydrogen) atoms. The number of hydrogen-bond donors (Lipinski definition) is 0. The molecule has 0 bridgehead atoms. The number of carbonyl (C=O) groups is 2. The Morgan fingerprint density at radius 3 is 2.31 bits per heavy atom. The van der Waals surface area contributed by atoms with Crippen LogP contribution in [-0.4, -0.2) is 53.8 Å². The summed E-state index contributed by atoms with van der Waals surface area (Å²) in [5, 5.41) is 0.940. The number of thiazole rings is 1. The van der Waals surface area contributed by atoms with Crippen LogP contribution in [0.3, 0.4) is 0 Å². The Labute approximate surface area is 159 Å². The Morgan fingerprint density at radius 1 is 1.08 bits per heavy atom. The Hall–Kier alpha value is -2.21. The molecule has 0 aliphatic carbocycles. The van der Waals surface area contributed by atoms with Crippen LogP contribution in [0.4, 0.5) is 0 Å². The van der Waals surface area contributed by atoms with Crippen molar-refractivity contribution in [3.05, 3.63) is 39.7 Å². The van der Waals surface area contributed by atoms with Crippen LogP contribution < -0.4 is 0 Å². The standard InChI is InChI=1S/C20H27N3O2S/c1-6-11-23(13-19(25)22(4)5)18(24)12-17-20(21-15(3)26-17)16-9-7-14(2)8-10-16/h7-10H,6,11-13H2,1-5H3. The highest BCUT2D eigenvalue weighted by Crippen LogP contribution is 2.29. The average molecular weight is 374 g/mol. The summed E-state index contributed by atoms with van der Waals surface area (Å²) in [6.45, 7) is 6.71. The summed E-state index contributed by atoms with van der Waals surface area (Å²) in [6.07, 6.45) is 1.09. The molecule has 1 heterocycles. The van der Waals surface area contributed by atoms with Crippen molar-refractivity contribution in [3.8, 4) is 11.3 Å². The molecule has 6 heteroatoms. The monoisotopic (exact) mass is 373 g/mol. The van der Waals surface area contributed by atoms with Crippen LogP contribution in [-0.2, 0) is 16.0 Å². The molecule has 0 atom stereocenters. The Bertz CT molecular complexity index is 766. The van der Waals surface area contributed by atoms with Crippen LogP contribution in [0.5, 0.6) is 0 Å². The summed E-state index contributed by atoms with van der Waals surface area (Å²) < 4.78 is 0. The quantitative estimate of drug-likeness (QED) is 0.748. The fourth-order valence-corrected chi connectivity index (χ4v) is 3.59. The molecule has 2 aromatic rings. The molecule has 0 aliphatic heterocycles. The highest BCUT2D eigenvalue weighted by Gasteiger charge is 2.21. The first-order valence-corrected chi connectivity index (χ1v) is 9.64. The maximum Gasteiger partial charge on any atom is 0.241 e. The van der Waals surface area contributed by atoms with Gasteiger partial charge in [-0.25, -0.2) is 4.98 Å². The lowest BCUT2D eigenvalue weighted by Gasteiger charge is -2.23. The van der Waals surface area contributed by atoms with E-state index in [1.54, 1.807) is 30.3 Å². The third kappa shape index (κ3) is 5.14. The largest absolute Gasteiger partial charge is 0.347 e. The third-order valence-corrected chi connectivity index (χ3v) is 5.08. The van der Waals surface area contributed by atoms with E-state index in [0.717, 1.165) is 27.6 Å². The van der Waals surface area contributed by atoms with Gasteiger partial charge in [0.2, 0.25) is 11.8 Å². The van der Waals surface area contributed by atoms with Gasteiger partial charge in [0.15, 0.2) is 0 Å². The SMILES string of the molecule is CCCN(CC(=O)N(C)C)C(=O)Cc1sc(C)nc1-c1ccc(C)cc1. The molecule has 1 aromatic carbocycles. The number of nitrogens with zero attached hydrogens (tertiary/aromatic N) is 3. The molecule has 5 nitrogen and oxygen atoms in total. The predicted octanol–water partition coefficient (Wildman–Crippen LogP) is 3.30. The summed E-state index contributed by atoms with van der Waals surface area (Å²) >= 11 is 1.55. The molecule has 0 saturated heterocycles. The maximum absolute atomic E-state index is 12.8. The van der Waals surface area contributed by atoms with Gasteiger partial charge in [-0.1, -0.05) is 36.8 Å². The first kappa shape index (κ1) is 20.1. The Kier molecular flexibility index (Phi) is 6.91. The van der Waals surface area contributed by atoms with Gasteiger partial charge in [-0.2, -0.15) is 0 Å². The van der Waals surface area contributed by atoms with Crippen LogP contribution in [0.2, 0.25) is 0 Å². The first-order valence-electron chi connectivity index (χ1n) is 8.83. The van der Waals surface area contributed by atoms with E-state index in [2.05, 4.69) is 17.1 Å². The highest BCUT2D eigenvalue weighted by atomic mass is 32.1. The summed E-state index contributed by atoms with van der Waals surface area (Å²) in [6, 6.07) is 8.18. The van der Waals surface area contributed by atoms with Gasteiger partial charge < -0.3 is 9.80 Å². The lowest BCUT2D eigenvalue weighted by molar-refractivity contribution is -0.138. The molecule has 2 rings (SSSR count). The molecule has 2 amide bonds. The summed E-state index contributed by atoms with van der Waals surface area (Å²) in [4.78, 5) is 33.6. The Morgan fingerprint density at radius 2 is 1.73 bits per heavy atom.